The highest BCUT2D eigenvalue weighted by molar-refractivity contribution is 8.00. The molecular weight excluding hydrogens is 270 g/mol. The topological polar surface area (TPSA) is 57.8 Å². The molecule has 0 aliphatic carbocycles. The lowest BCUT2D eigenvalue weighted by atomic mass is 10.4. The second-order valence-electron chi connectivity index (χ2n) is 3.67. The Kier molecular flexibility index (Phi) is 4.28. The lowest BCUT2D eigenvalue weighted by Gasteiger charge is -2.10. The van der Waals surface area contributed by atoms with Crippen molar-refractivity contribution in [3.63, 3.8) is 0 Å². The van der Waals surface area contributed by atoms with Crippen molar-refractivity contribution in [1.29, 1.82) is 0 Å². The van der Waals surface area contributed by atoms with Gasteiger partial charge in [-0.25, -0.2) is 0 Å². The minimum atomic E-state index is -0.200. The SMILES string of the molecule is CC(Sc1ccc(Cl)cc1)C(=O)Nc1ccn[nH]1. The van der Waals surface area contributed by atoms with Crippen LogP contribution in [0.15, 0.2) is 41.4 Å². The third-order valence-electron chi connectivity index (χ3n) is 2.25. The van der Waals surface area contributed by atoms with E-state index in [2.05, 4.69) is 15.5 Å². The number of carbonyl (C=O) groups excluding carboxylic acids is 1. The summed E-state index contributed by atoms with van der Waals surface area (Å²) >= 11 is 7.28. The number of rotatable bonds is 4. The number of benzene rings is 1. The van der Waals surface area contributed by atoms with E-state index in [0.29, 0.717) is 10.8 Å². The zero-order chi connectivity index (χ0) is 13.0. The molecule has 18 heavy (non-hydrogen) atoms. The van der Waals surface area contributed by atoms with Gasteiger partial charge < -0.3 is 5.32 Å². The van der Waals surface area contributed by atoms with Crippen molar-refractivity contribution >= 4 is 35.1 Å². The van der Waals surface area contributed by atoms with Crippen LogP contribution in [-0.2, 0) is 4.79 Å². The highest BCUT2D eigenvalue weighted by atomic mass is 35.5. The third kappa shape index (κ3) is 3.51. The molecule has 0 radical (unpaired) electrons. The minimum Gasteiger partial charge on any atom is -0.310 e. The number of aromatic nitrogens is 2. The number of anilines is 1. The summed E-state index contributed by atoms with van der Waals surface area (Å²) in [6.45, 7) is 1.85. The maximum absolute atomic E-state index is 11.9. The first-order valence-corrected chi connectivity index (χ1v) is 6.63. The van der Waals surface area contributed by atoms with Gasteiger partial charge in [-0.15, -0.1) is 11.8 Å². The maximum atomic E-state index is 11.9. The van der Waals surface area contributed by atoms with Gasteiger partial charge in [0.25, 0.3) is 0 Å². The number of nitrogens with one attached hydrogen (secondary N) is 2. The van der Waals surface area contributed by atoms with Gasteiger partial charge >= 0.3 is 0 Å². The smallest absolute Gasteiger partial charge is 0.238 e. The molecule has 6 heteroatoms. The molecule has 2 aromatic rings. The molecule has 1 aromatic carbocycles. The third-order valence-corrected chi connectivity index (χ3v) is 3.62. The fourth-order valence-corrected chi connectivity index (χ4v) is 2.32. The number of nitrogens with zero attached hydrogens (tertiary/aromatic N) is 1. The molecule has 0 bridgehead atoms. The summed E-state index contributed by atoms with van der Waals surface area (Å²) in [6.07, 6.45) is 1.59. The van der Waals surface area contributed by atoms with Crippen molar-refractivity contribution in [1.82, 2.24) is 10.2 Å². The molecule has 0 spiro atoms. The number of carbonyl (C=O) groups is 1. The van der Waals surface area contributed by atoms with E-state index in [4.69, 9.17) is 11.6 Å². The van der Waals surface area contributed by atoms with Crippen LogP contribution in [0.4, 0.5) is 5.82 Å². The van der Waals surface area contributed by atoms with Crippen LogP contribution in [0.3, 0.4) is 0 Å². The van der Waals surface area contributed by atoms with Crippen LogP contribution in [0.2, 0.25) is 5.02 Å². The van der Waals surface area contributed by atoms with Gasteiger partial charge in [0.15, 0.2) is 0 Å². The van der Waals surface area contributed by atoms with Crippen molar-refractivity contribution in [3.8, 4) is 0 Å². The molecule has 1 atom stereocenters. The van der Waals surface area contributed by atoms with Gasteiger partial charge in [-0.1, -0.05) is 11.6 Å². The van der Waals surface area contributed by atoms with E-state index in [1.54, 1.807) is 12.3 Å². The standard InChI is InChI=1S/C12H12ClN3OS/c1-8(12(17)15-11-6-7-14-16-11)18-10-4-2-9(13)3-5-10/h2-8H,1H3,(H2,14,15,16,17). The summed E-state index contributed by atoms with van der Waals surface area (Å²) in [7, 11) is 0. The van der Waals surface area contributed by atoms with Crippen molar-refractivity contribution in [2.75, 3.05) is 5.32 Å². The zero-order valence-corrected chi connectivity index (χ0v) is 11.3. The Morgan fingerprint density at radius 2 is 2.11 bits per heavy atom. The van der Waals surface area contributed by atoms with E-state index in [9.17, 15) is 4.79 Å². The van der Waals surface area contributed by atoms with Gasteiger partial charge in [-0.05, 0) is 31.2 Å². The second kappa shape index (κ2) is 5.93. The lowest BCUT2D eigenvalue weighted by molar-refractivity contribution is -0.115. The average molecular weight is 282 g/mol. The van der Waals surface area contributed by atoms with Gasteiger partial charge in [0.05, 0.1) is 11.4 Å². The Balaban J connectivity index is 1.93. The quantitative estimate of drug-likeness (QED) is 0.846. The largest absolute Gasteiger partial charge is 0.310 e. The van der Waals surface area contributed by atoms with E-state index < -0.39 is 0 Å². The molecule has 1 unspecified atom stereocenters. The summed E-state index contributed by atoms with van der Waals surface area (Å²) in [5.74, 6) is 0.530. The highest BCUT2D eigenvalue weighted by Gasteiger charge is 2.14. The number of halogens is 1. The second-order valence-corrected chi connectivity index (χ2v) is 5.52. The molecular formula is C12H12ClN3OS. The Labute approximate surface area is 114 Å². The van der Waals surface area contributed by atoms with Crippen LogP contribution < -0.4 is 5.32 Å². The molecule has 0 aliphatic rings. The van der Waals surface area contributed by atoms with E-state index >= 15 is 0 Å². The fraction of sp³-hybridized carbons (Fsp3) is 0.167. The number of hydrogen-bond donors (Lipinski definition) is 2. The number of thioether (sulfide) groups is 1. The van der Waals surface area contributed by atoms with Crippen LogP contribution in [-0.4, -0.2) is 21.4 Å². The maximum Gasteiger partial charge on any atom is 0.238 e. The highest BCUT2D eigenvalue weighted by Crippen LogP contribution is 2.25. The summed E-state index contributed by atoms with van der Waals surface area (Å²) in [4.78, 5) is 12.9. The van der Waals surface area contributed by atoms with Crippen molar-refractivity contribution in [2.45, 2.75) is 17.1 Å². The summed E-state index contributed by atoms with van der Waals surface area (Å²) in [5.41, 5.74) is 0. The first-order chi connectivity index (χ1) is 8.65. The lowest BCUT2D eigenvalue weighted by Crippen LogP contribution is -2.22. The summed E-state index contributed by atoms with van der Waals surface area (Å²) < 4.78 is 0. The van der Waals surface area contributed by atoms with Crippen molar-refractivity contribution < 1.29 is 4.79 Å². The predicted octanol–water partition coefficient (Wildman–Crippen LogP) is 3.18. The van der Waals surface area contributed by atoms with E-state index in [-0.39, 0.29) is 11.2 Å². The average Bonchev–Trinajstić information content (AvgIpc) is 2.85. The van der Waals surface area contributed by atoms with Gasteiger partial charge in [0.2, 0.25) is 5.91 Å². The number of amides is 1. The minimum absolute atomic E-state index is 0.0702. The molecule has 2 rings (SSSR count). The van der Waals surface area contributed by atoms with Crippen LogP contribution in [0.1, 0.15) is 6.92 Å². The van der Waals surface area contributed by atoms with Crippen LogP contribution in [0, 0.1) is 0 Å². The van der Waals surface area contributed by atoms with Crippen molar-refractivity contribution in [3.05, 3.63) is 41.6 Å². The van der Waals surface area contributed by atoms with Crippen LogP contribution >= 0.6 is 23.4 Å². The molecule has 94 valence electrons. The summed E-state index contributed by atoms with van der Waals surface area (Å²) in [5, 5.41) is 9.69. The fourth-order valence-electron chi connectivity index (χ4n) is 1.33. The predicted molar refractivity (Wildman–Crippen MR) is 74.0 cm³/mol. The molecule has 1 heterocycles. The Morgan fingerprint density at radius 3 is 2.72 bits per heavy atom. The van der Waals surface area contributed by atoms with E-state index in [1.807, 2.05) is 31.2 Å². The number of H-pyrrole nitrogens is 1. The monoisotopic (exact) mass is 281 g/mol. The molecule has 1 aromatic heterocycles. The van der Waals surface area contributed by atoms with Gasteiger partial charge in [0, 0.05) is 16.0 Å². The summed E-state index contributed by atoms with van der Waals surface area (Å²) in [6, 6.07) is 9.12. The molecule has 1 amide bonds. The first kappa shape index (κ1) is 13.0. The number of aromatic amines is 1. The van der Waals surface area contributed by atoms with Crippen molar-refractivity contribution in [2.24, 2.45) is 0 Å². The normalized spacial score (nSPS) is 12.1. The molecule has 0 saturated heterocycles. The molecule has 4 nitrogen and oxygen atoms in total. The van der Waals surface area contributed by atoms with E-state index in [0.717, 1.165) is 4.90 Å². The Morgan fingerprint density at radius 1 is 1.39 bits per heavy atom. The first-order valence-electron chi connectivity index (χ1n) is 5.37. The molecule has 0 fully saturated rings. The van der Waals surface area contributed by atoms with Gasteiger partial charge in [0.1, 0.15) is 5.82 Å². The molecule has 0 aliphatic heterocycles. The van der Waals surface area contributed by atoms with Gasteiger partial charge in [-0.2, -0.15) is 5.10 Å². The molecule has 0 saturated carbocycles. The zero-order valence-electron chi connectivity index (χ0n) is 9.68. The van der Waals surface area contributed by atoms with Gasteiger partial charge in [-0.3, -0.25) is 9.89 Å². The van der Waals surface area contributed by atoms with E-state index in [1.165, 1.54) is 11.8 Å². The molecule has 2 N–H and O–H groups in total. The Bertz CT molecular complexity index is 513. The number of hydrogen-bond acceptors (Lipinski definition) is 3. The Hall–Kier alpha value is -1.46. The van der Waals surface area contributed by atoms with Crippen LogP contribution in [0.25, 0.3) is 0 Å². The van der Waals surface area contributed by atoms with Crippen LogP contribution in [0.5, 0.6) is 0 Å².